The van der Waals surface area contributed by atoms with Gasteiger partial charge in [0.05, 0.1) is 12.2 Å². The Morgan fingerprint density at radius 3 is 2.69 bits per heavy atom. The molecule has 3 heterocycles. The Balaban J connectivity index is 1.98. The molecule has 0 radical (unpaired) electrons. The highest BCUT2D eigenvalue weighted by Crippen LogP contribution is 2.22. The van der Waals surface area contributed by atoms with E-state index in [2.05, 4.69) is 15.3 Å². The third-order valence-corrected chi connectivity index (χ3v) is 4.36. The van der Waals surface area contributed by atoms with Gasteiger partial charge in [0, 0.05) is 6.54 Å². The average molecular weight is 399 g/mol. The van der Waals surface area contributed by atoms with Crippen LogP contribution in [0.1, 0.15) is 41.2 Å². The zero-order chi connectivity index (χ0) is 21.1. The fraction of sp³-hybridized carbons (Fsp3) is 0.316. The van der Waals surface area contributed by atoms with Crippen molar-refractivity contribution in [1.82, 2.24) is 19.7 Å². The van der Waals surface area contributed by atoms with Crippen LogP contribution in [-0.4, -0.2) is 43.8 Å². The van der Waals surface area contributed by atoms with Gasteiger partial charge in [-0.15, -0.1) is 0 Å². The van der Waals surface area contributed by atoms with E-state index in [1.807, 2.05) is 13.8 Å². The van der Waals surface area contributed by atoms with Crippen molar-refractivity contribution in [2.45, 2.75) is 20.3 Å². The summed E-state index contributed by atoms with van der Waals surface area (Å²) in [7, 11) is 0. The molecule has 0 aliphatic heterocycles. The number of nitrogens with zero attached hydrogens (tertiary/aromatic N) is 3. The number of carboxylic acid groups (broad SMARTS) is 1. The van der Waals surface area contributed by atoms with Crippen LogP contribution in [0.5, 0.6) is 0 Å². The van der Waals surface area contributed by atoms with E-state index in [9.17, 15) is 19.5 Å². The Labute approximate surface area is 165 Å². The minimum absolute atomic E-state index is 0.0381. The molecule has 29 heavy (non-hydrogen) atoms. The molecule has 0 aromatic carbocycles. The molecule has 0 spiro atoms. The van der Waals surface area contributed by atoms with Gasteiger partial charge < -0.3 is 20.6 Å². The van der Waals surface area contributed by atoms with Crippen molar-refractivity contribution in [1.29, 1.82) is 0 Å². The second kappa shape index (κ2) is 8.13. The molecule has 1 atom stereocenters. The first-order valence-electron chi connectivity index (χ1n) is 9.00. The van der Waals surface area contributed by atoms with Gasteiger partial charge in [0.15, 0.2) is 17.1 Å². The molecule has 2 amide bonds. The first-order valence-corrected chi connectivity index (χ1v) is 9.00. The normalized spacial score (nSPS) is 12.2. The lowest BCUT2D eigenvalue weighted by molar-refractivity contribution is -0.142. The number of rotatable bonds is 8. The number of nitrogens with one attached hydrogen (secondary N) is 1. The van der Waals surface area contributed by atoms with E-state index in [4.69, 9.17) is 10.2 Å². The summed E-state index contributed by atoms with van der Waals surface area (Å²) in [5.41, 5.74) is 5.80. The first kappa shape index (κ1) is 20.1. The second-order valence-corrected chi connectivity index (χ2v) is 7.03. The van der Waals surface area contributed by atoms with Crippen molar-refractivity contribution < 1.29 is 23.9 Å². The lowest BCUT2D eigenvalue weighted by atomic mass is 9.97. The smallest absolute Gasteiger partial charge is 0.308 e. The van der Waals surface area contributed by atoms with Gasteiger partial charge in [-0.2, -0.15) is 0 Å². The Morgan fingerprint density at radius 2 is 2.10 bits per heavy atom. The average Bonchev–Trinajstić information content (AvgIpc) is 3.32. The molecule has 0 bridgehead atoms. The summed E-state index contributed by atoms with van der Waals surface area (Å²) < 4.78 is 6.67. The lowest BCUT2D eigenvalue weighted by Crippen LogP contribution is -2.34. The zero-order valence-corrected chi connectivity index (χ0v) is 16.0. The summed E-state index contributed by atoms with van der Waals surface area (Å²) in [6.45, 7) is 3.79. The van der Waals surface area contributed by atoms with Crippen LogP contribution in [0.2, 0.25) is 0 Å². The van der Waals surface area contributed by atoms with E-state index < -0.39 is 23.7 Å². The van der Waals surface area contributed by atoms with Gasteiger partial charge in [-0.25, -0.2) is 9.97 Å². The van der Waals surface area contributed by atoms with Gasteiger partial charge in [0.1, 0.15) is 17.7 Å². The molecule has 3 rings (SSSR count). The number of carbonyl (C=O) groups excluding carboxylic acids is 2. The number of furan rings is 1. The van der Waals surface area contributed by atoms with E-state index in [-0.39, 0.29) is 29.5 Å². The number of hydrogen-bond acceptors (Lipinski definition) is 6. The number of primary amides is 1. The van der Waals surface area contributed by atoms with Crippen molar-refractivity contribution >= 4 is 23.4 Å². The molecule has 3 aromatic heterocycles. The Kier molecular flexibility index (Phi) is 5.62. The van der Waals surface area contributed by atoms with Crippen molar-refractivity contribution in [2.24, 2.45) is 17.6 Å². The largest absolute Gasteiger partial charge is 0.481 e. The molecular formula is C19H21N5O5. The van der Waals surface area contributed by atoms with Gasteiger partial charge >= 0.3 is 5.97 Å². The van der Waals surface area contributed by atoms with Crippen molar-refractivity contribution in [3.8, 4) is 11.5 Å². The topological polar surface area (TPSA) is 153 Å². The van der Waals surface area contributed by atoms with E-state index in [0.717, 1.165) is 0 Å². The predicted octanol–water partition coefficient (Wildman–Crippen LogP) is 1.56. The molecule has 152 valence electrons. The van der Waals surface area contributed by atoms with Crippen LogP contribution in [-0.2, 0) is 4.79 Å². The van der Waals surface area contributed by atoms with Gasteiger partial charge in [0.2, 0.25) is 0 Å². The molecule has 10 heteroatoms. The summed E-state index contributed by atoms with van der Waals surface area (Å²) in [4.78, 5) is 44.2. The van der Waals surface area contributed by atoms with Crippen LogP contribution in [0.3, 0.4) is 0 Å². The van der Waals surface area contributed by atoms with E-state index in [1.165, 1.54) is 23.1 Å². The molecule has 0 fully saturated rings. The highest BCUT2D eigenvalue weighted by Gasteiger charge is 2.23. The summed E-state index contributed by atoms with van der Waals surface area (Å²) in [6, 6.07) is 4.80. The molecule has 1 unspecified atom stereocenters. The molecular weight excluding hydrogens is 378 g/mol. The molecule has 10 nitrogen and oxygen atoms in total. The summed E-state index contributed by atoms with van der Waals surface area (Å²) in [5, 5.41) is 12.0. The van der Waals surface area contributed by atoms with Crippen LogP contribution in [0.15, 0.2) is 35.2 Å². The van der Waals surface area contributed by atoms with Gasteiger partial charge in [-0.3, -0.25) is 18.8 Å². The van der Waals surface area contributed by atoms with Gasteiger partial charge in [0.25, 0.3) is 11.8 Å². The SMILES string of the molecule is CC(C)CC(CNC(=O)c1cc(-c2ccco2)nc2c(C(N)=O)ncn12)C(=O)O. The predicted molar refractivity (Wildman–Crippen MR) is 102 cm³/mol. The quantitative estimate of drug-likeness (QED) is 0.519. The molecule has 0 saturated carbocycles. The molecule has 4 N–H and O–H groups in total. The number of carbonyl (C=O) groups is 3. The van der Waals surface area contributed by atoms with E-state index in [0.29, 0.717) is 17.9 Å². The van der Waals surface area contributed by atoms with Gasteiger partial charge in [-0.05, 0) is 30.5 Å². The van der Waals surface area contributed by atoms with Gasteiger partial charge in [-0.1, -0.05) is 13.8 Å². The highest BCUT2D eigenvalue weighted by atomic mass is 16.4. The van der Waals surface area contributed by atoms with Crippen molar-refractivity contribution in [3.63, 3.8) is 0 Å². The van der Waals surface area contributed by atoms with Crippen LogP contribution < -0.4 is 11.1 Å². The highest BCUT2D eigenvalue weighted by molar-refractivity contribution is 5.99. The monoisotopic (exact) mass is 399 g/mol. The van der Waals surface area contributed by atoms with Crippen molar-refractivity contribution in [3.05, 3.63) is 42.2 Å². The number of fused-ring (bicyclic) bond motifs is 1. The van der Waals surface area contributed by atoms with Crippen LogP contribution in [0.4, 0.5) is 0 Å². The molecule has 0 aliphatic carbocycles. The fourth-order valence-electron chi connectivity index (χ4n) is 3.02. The standard InChI is InChI=1S/C19H21N5O5/c1-10(2)6-11(19(27)28)8-21-18(26)13-7-12(14-4-3-5-29-14)23-17-15(16(20)25)22-9-24(13)17/h3-5,7,9-11H,6,8H2,1-2H3,(H2,20,25)(H,21,26)(H,27,28). The van der Waals surface area contributed by atoms with E-state index >= 15 is 0 Å². The fourth-order valence-corrected chi connectivity index (χ4v) is 3.02. The summed E-state index contributed by atoms with van der Waals surface area (Å²) >= 11 is 0. The third-order valence-electron chi connectivity index (χ3n) is 4.36. The maximum absolute atomic E-state index is 12.8. The number of hydrogen-bond donors (Lipinski definition) is 3. The Bertz CT molecular complexity index is 1050. The number of imidazole rings is 1. The van der Waals surface area contributed by atoms with Crippen LogP contribution in [0.25, 0.3) is 17.1 Å². The Morgan fingerprint density at radius 1 is 1.34 bits per heavy atom. The summed E-state index contributed by atoms with van der Waals surface area (Å²) in [5.74, 6) is -2.46. The minimum atomic E-state index is -0.978. The number of nitrogens with two attached hydrogens (primary N) is 1. The number of carboxylic acids is 1. The lowest BCUT2D eigenvalue weighted by Gasteiger charge is -2.16. The molecule has 0 aliphatic rings. The summed E-state index contributed by atoms with van der Waals surface area (Å²) in [6.07, 6.45) is 3.15. The Hall–Kier alpha value is -3.69. The van der Waals surface area contributed by atoms with Crippen molar-refractivity contribution in [2.75, 3.05) is 6.54 Å². The second-order valence-electron chi connectivity index (χ2n) is 7.03. The van der Waals surface area contributed by atoms with Crippen LogP contribution in [0, 0.1) is 11.8 Å². The third kappa shape index (κ3) is 4.26. The molecule has 0 saturated heterocycles. The maximum Gasteiger partial charge on any atom is 0.308 e. The molecule has 3 aromatic rings. The maximum atomic E-state index is 12.8. The van der Waals surface area contributed by atoms with Crippen LogP contribution >= 0.6 is 0 Å². The number of aliphatic carboxylic acids is 1. The number of aromatic nitrogens is 3. The van der Waals surface area contributed by atoms with E-state index in [1.54, 1.807) is 12.1 Å². The minimum Gasteiger partial charge on any atom is -0.481 e. The zero-order valence-electron chi connectivity index (χ0n) is 16.0. The first-order chi connectivity index (χ1) is 13.8. The number of amides is 2.